The summed E-state index contributed by atoms with van der Waals surface area (Å²) in [4.78, 5) is 0. The minimum atomic E-state index is -3.91. The quantitative estimate of drug-likeness (QED) is 0.509. The van der Waals surface area contributed by atoms with E-state index in [1.807, 2.05) is 0 Å². The highest BCUT2D eigenvalue weighted by Crippen LogP contribution is 2.33. The molecule has 0 aromatic rings. The predicted molar refractivity (Wildman–Crippen MR) is 86.3 cm³/mol. The van der Waals surface area contributed by atoms with Crippen molar-refractivity contribution in [2.75, 3.05) is 0 Å². The fraction of sp³-hybridized carbons (Fsp3) is 1.00. The Morgan fingerprint density at radius 2 is 1.41 bits per heavy atom. The lowest BCUT2D eigenvalue weighted by Crippen LogP contribution is -2.50. The highest BCUT2D eigenvalue weighted by Gasteiger charge is 2.50. The minimum Gasteiger partial charge on any atom is -0.342 e. The van der Waals surface area contributed by atoms with Crippen LogP contribution in [-0.2, 0) is 18.8 Å². The molecule has 1 unspecified atom stereocenters. The standard InChI is InChI=1S/C16H32O5S/c1-3-4-5-6-7-9-12-15(2)13-10-8-11-14-16(17)20-22(18,19)21-16/h15,17H,3-14H2,1-2H3. The van der Waals surface area contributed by atoms with E-state index in [2.05, 4.69) is 22.2 Å². The fourth-order valence-electron chi connectivity index (χ4n) is 2.84. The molecule has 0 amide bonds. The molecule has 0 spiro atoms. The van der Waals surface area contributed by atoms with Gasteiger partial charge in [-0.1, -0.05) is 78.1 Å². The van der Waals surface area contributed by atoms with E-state index in [0.29, 0.717) is 6.42 Å². The summed E-state index contributed by atoms with van der Waals surface area (Å²) >= 11 is 0. The molecule has 0 bridgehead atoms. The van der Waals surface area contributed by atoms with E-state index >= 15 is 0 Å². The van der Waals surface area contributed by atoms with E-state index in [4.69, 9.17) is 0 Å². The molecule has 0 aromatic heterocycles. The summed E-state index contributed by atoms with van der Waals surface area (Å²) in [6.45, 7) is 4.53. The first kappa shape index (κ1) is 19.9. The van der Waals surface area contributed by atoms with Gasteiger partial charge in [-0.15, -0.1) is 0 Å². The monoisotopic (exact) mass is 336 g/mol. The molecular weight excluding hydrogens is 304 g/mol. The van der Waals surface area contributed by atoms with Crippen LogP contribution in [0.25, 0.3) is 0 Å². The van der Waals surface area contributed by atoms with Crippen molar-refractivity contribution in [2.24, 2.45) is 5.92 Å². The number of aliphatic hydroxyl groups is 1. The van der Waals surface area contributed by atoms with Gasteiger partial charge in [-0.25, -0.2) is 0 Å². The lowest BCUT2D eigenvalue weighted by atomic mass is 9.96. The molecule has 5 nitrogen and oxygen atoms in total. The first-order valence-electron chi connectivity index (χ1n) is 8.75. The Morgan fingerprint density at radius 3 is 1.95 bits per heavy atom. The molecule has 1 heterocycles. The lowest BCUT2D eigenvalue weighted by Gasteiger charge is -2.33. The Balaban J connectivity index is 1.90. The Kier molecular flexibility index (Phi) is 8.90. The molecule has 0 radical (unpaired) electrons. The molecule has 1 fully saturated rings. The van der Waals surface area contributed by atoms with Crippen LogP contribution in [0.2, 0.25) is 0 Å². The fourth-order valence-corrected chi connectivity index (χ4v) is 3.66. The molecule has 6 heteroatoms. The number of rotatable bonds is 13. The van der Waals surface area contributed by atoms with Crippen molar-refractivity contribution in [2.45, 2.75) is 96.9 Å². The summed E-state index contributed by atoms with van der Waals surface area (Å²) in [5.74, 6) is -1.16. The van der Waals surface area contributed by atoms with Crippen LogP contribution in [0.4, 0.5) is 0 Å². The smallest absolute Gasteiger partial charge is 0.342 e. The molecule has 22 heavy (non-hydrogen) atoms. The summed E-state index contributed by atoms with van der Waals surface area (Å²) in [6.07, 6.45) is 13.5. The van der Waals surface area contributed by atoms with Gasteiger partial charge in [0, 0.05) is 6.42 Å². The molecule has 0 aliphatic carbocycles. The molecule has 132 valence electrons. The molecule has 0 saturated carbocycles. The average Bonchev–Trinajstić information content (AvgIpc) is 2.40. The third-order valence-corrected chi connectivity index (χ3v) is 5.13. The molecule has 1 aliphatic heterocycles. The van der Waals surface area contributed by atoms with Gasteiger partial charge in [0.25, 0.3) is 0 Å². The Bertz CT molecular complexity index is 381. The lowest BCUT2D eigenvalue weighted by molar-refractivity contribution is -0.329. The number of hydrogen-bond acceptors (Lipinski definition) is 5. The van der Waals surface area contributed by atoms with Crippen molar-refractivity contribution in [3.8, 4) is 0 Å². The number of unbranched alkanes of at least 4 members (excludes halogenated alkanes) is 7. The van der Waals surface area contributed by atoms with Crippen LogP contribution in [0, 0.1) is 5.92 Å². The summed E-state index contributed by atoms with van der Waals surface area (Å²) < 4.78 is 30.0. The van der Waals surface area contributed by atoms with E-state index in [1.165, 1.54) is 51.4 Å². The third kappa shape index (κ3) is 8.46. The maximum atomic E-state index is 10.7. The van der Waals surface area contributed by atoms with Gasteiger partial charge in [0.15, 0.2) is 0 Å². The zero-order valence-electron chi connectivity index (χ0n) is 14.1. The van der Waals surface area contributed by atoms with E-state index in [-0.39, 0.29) is 6.42 Å². The van der Waals surface area contributed by atoms with Crippen molar-refractivity contribution < 1.29 is 21.9 Å². The normalized spacial score (nSPS) is 20.5. The second-order valence-corrected chi connectivity index (χ2v) is 7.70. The van der Waals surface area contributed by atoms with Gasteiger partial charge in [-0.3, -0.25) is 0 Å². The van der Waals surface area contributed by atoms with Crippen LogP contribution in [0.3, 0.4) is 0 Å². The zero-order valence-corrected chi connectivity index (χ0v) is 14.9. The maximum Gasteiger partial charge on any atom is 0.409 e. The maximum absolute atomic E-state index is 10.7. The molecule has 0 aromatic carbocycles. The van der Waals surface area contributed by atoms with Crippen molar-refractivity contribution >= 4 is 10.4 Å². The van der Waals surface area contributed by atoms with Gasteiger partial charge < -0.3 is 5.11 Å². The van der Waals surface area contributed by atoms with Crippen LogP contribution < -0.4 is 0 Å². The van der Waals surface area contributed by atoms with Crippen LogP contribution in [0.1, 0.15) is 90.9 Å². The summed E-state index contributed by atoms with van der Waals surface area (Å²) in [5, 5.41) is 9.54. The highest BCUT2D eigenvalue weighted by atomic mass is 32.3. The molecule has 1 atom stereocenters. The molecular formula is C16H32O5S. The van der Waals surface area contributed by atoms with Gasteiger partial charge in [-0.2, -0.15) is 16.8 Å². The van der Waals surface area contributed by atoms with Crippen LogP contribution >= 0.6 is 0 Å². The summed E-state index contributed by atoms with van der Waals surface area (Å²) in [5.41, 5.74) is 0. The molecule has 1 rings (SSSR count). The van der Waals surface area contributed by atoms with Crippen molar-refractivity contribution in [3.05, 3.63) is 0 Å². The summed E-state index contributed by atoms with van der Waals surface area (Å²) in [7, 11) is -3.91. The van der Waals surface area contributed by atoms with E-state index < -0.39 is 16.4 Å². The average molecular weight is 336 g/mol. The first-order valence-corrected chi connectivity index (χ1v) is 10.1. The third-order valence-electron chi connectivity index (χ3n) is 4.20. The minimum absolute atomic E-state index is 0.206. The number of hydrogen-bond donors (Lipinski definition) is 1. The SMILES string of the molecule is CCCCCCCCC(C)CCCCCC1(O)OS(=O)(=O)O1. The van der Waals surface area contributed by atoms with Crippen LogP contribution in [-0.4, -0.2) is 19.5 Å². The summed E-state index contributed by atoms with van der Waals surface area (Å²) in [6, 6.07) is 0. The Hall–Kier alpha value is -0.170. The highest BCUT2D eigenvalue weighted by molar-refractivity contribution is 7.82. The van der Waals surface area contributed by atoms with Crippen molar-refractivity contribution in [3.63, 3.8) is 0 Å². The predicted octanol–water partition coefficient (Wildman–Crippen LogP) is 4.26. The Labute approximate surface area is 135 Å². The van der Waals surface area contributed by atoms with E-state index in [9.17, 15) is 13.5 Å². The van der Waals surface area contributed by atoms with E-state index in [1.54, 1.807) is 0 Å². The Morgan fingerprint density at radius 1 is 0.909 bits per heavy atom. The first-order chi connectivity index (χ1) is 10.4. The van der Waals surface area contributed by atoms with Gasteiger partial charge in [-0.05, 0) is 12.3 Å². The zero-order chi connectivity index (χ0) is 16.5. The molecule has 1 saturated heterocycles. The largest absolute Gasteiger partial charge is 0.409 e. The molecule has 1 N–H and O–H groups in total. The van der Waals surface area contributed by atoms with Gasteiger partial charge in [0.05, 0.1) is 0 Å². The second-order valence-electron chi connectivity index (χ2n) is 6.55. The van der Waals surface area contributed by atoms with Crippen molar-refractivity contribution in [1.29, 1.82) is 0 Å². The van der Waals surface area contributed by atoms with Gasteiger partial charge >= 0.3 is 16.4 Å². The van der Waals surface area contributed by atoms with Crippen LogP contribution in [0.15, 0.2) is 0 Å². The van der Waals surface area contributed by atoms with Crippen LogP contribution in [0.5, 0.6) is 0 Å². The van der Waals surface area contributed by atoms with Gasteiger partial charge in [0.2, 0.25) is 0 Å². The van der Waals surface area contributed by atoms with Gasteiger partial charge in [0.1, 0.15) is 0 Å². The van der Waals surface area contributed by atoms with Crippen molar-refractivity contribution in [1.82, 2.24) is 0 Å². The molecule has 1 aliphatic rings. The van der Waals surface area contributed by atoms with E-state index in [0.717, 1.165) is 18.8 Å². The topological polar surface area (TPSA) is 72.8 Å². The second kappa shape index (κ2) is 9.85.